The Bertz CT molecular complexity index is 416. The van der Waals surface area contributed by atoms with Gasteiger partial charge in [0, 0.05) is 44.1 Å². The lowest BCUT2D eigenvalue weighted by molar-refractivity contribution is 0.216. The maximum absolute atomic E-state index is 9.07. The molecule has 18 heavy (non-hydrogen) atoms. The van der Waals surface area contributed by atoms with Gasteiger partial charge in [0.1, 0.15) is 5.82 Å². The molecule has 0 radical (unpaired) electrons. The molecule has 0 amide bonds. The molecular weight excluding hydrogens is 246 g/mol. The van der Waals surface area contributed by atoms with Crippen molar-refractivity contribution in [3.05, 3.63) is 5.82 Å². The second-order valence-electron chi connectivity index (χ2n) is 4.42. The minimum atomic E-state index is 0.0628. The van der Waals surface area contributed by atoms with Crippen LogP contribution in [0.3, 0.4) is 0 Å². The number of rotatable bonds is 4. The quantitative estimate of drug-likeness (QED) is 0.826. The number of aryl methyl sites for hydroxylation is 1. The molecule has 98 valence electrons. The predicted molar refractivity (Wildman–Crippen MR) is 72.8 cm³/mol. The van der Waals surface area contributed by atoms with Crippen LogP contribution in [0.2, 0.25) is 0 Å². The molecule has 1 aliphatic heterocycles. The van der Waals surface area contributed by atoms with Gasteiger partial charge in [-0.25, -0.2) is 4.98 Å². The van der Waals surface area contributed by atoms with Gasteiger partial charge in [-0.05, 0) is 6.42 Å². The van der Waals surface area contributed by atoms with Gasteiger partial charge >= 0.3 is 0 Å². The molecule has 2 heterocycles. The first-order chi connectivity index (χ1) is 8.78. The monoisotopic (exact) mass is 265 g/mol. The van der Waals surface area contributed by atoms with E-state index in [4.69, 9.17) is 5.26 Å². The van der Waals surface area contributed by atoms with E-state index in [0.717, 1.165) is 50.0 Å². The summed E-state index contributed by atoms with van der Waals surface area (Å²) < 4.78 is 4.32. The highest BCUT2D eigenvalue weighted by Gasteiger charge is 2.24. The van der Waals surface area contributed by atoms with E-state index in [1.807, 2.05) is 0 Å². The first-order valence-electron chi connectivity index (χ1n) is 6.49. The summed E-state index contributed by atoms with van der Waals surface area (Å²) in [7, 11) is 0. The van der Waals surface area contributed by atoms with E-state index < -0.39 is 0 Å². The van der Waals surface area contributed by atoms with E-state index in [1.54, 1.807) is 0 Å². The second kappa shape index (κ2) is 6.12. The zero-order valence-electron chi connectivity index (χ0n) is 11.0. The third-order valence-corrected chi connectivity index (χ3v) is 4.15. The van der Waals surface area contributed by atoms with Crippen LogP contribution in [-0.4, -0.2) is 46.5 Å². The van der Waals surface area contributed by atoms with E-state index >= 15 is 0 Å². The van der Waals surface area contributed by atoms with Crippen LogP contribution in [0, 0.1) is 11.3 Å². The molecule has 0 aromatic carbocycles. The Labute approximate surface area is 112 Å². The first-order valence-corrected chi connectivity index (χ1v) is 7.27. The molecule has 0 N–H and O–H groups in total. The van der Waals surface area contributed by atoms with Crippen LogP contribution in [0.4, 0.5) is 5.13 Å². The summed E-state index contributed by atoms with van der Waals surface area (Å²) in [6, 6.07) is 2.43. The Hall–Kier alpha value is -1.19. The fraction of sp³-hybridized carbons (Fsp3) is 0.750. The van der Waals surface area contributed by atoms with Crippen LogP contribution < -0.4 is 4.90 Å². The number of nitriles is 1. The van der Waals surface area contributed by atoms with Gasteiger partial charge in [0.25, 0.3) is 0 Å². The summed E-state index contributed by atoms with van der Waals surface area (Å²) in [6.07, 6.45) is 1.79. The molecule has 0 saturated carbocycles. The highest BCUT2D eigenvalue weighted by molar-refractivity contribution is 7.09. The maximum atomic E-state index is 9.07. The molecule has 1 aromatic heterocycles. The van der Waals surface area contributed by atoms with E-state index in [2.05, 4.69) is 39.1 Å². The molecule has 1 fully saturated rings. The minimum Gasteiger partial charge on any atom is -0.344 e. The van der Waals surface area contributed by atoms with Gasteiger partial charge in [-0.1, -0.05) is 13.8 Å². The van der Waals surface area contributed by atoms with E-state index in [0.29, 0.717) is 0 Å². The van der Waals surface area contributed by atoms with E-state index in [9.17, 15) is 0 Å². The molecule has 1 saturated heterocycles. The molecule has 6 heteroatoms. The molecule has 0 spiro atoms. The van der Waals surface area contributed by atoms with Crippen LogP contribution in [-0.2, 0) is 6.42 Å². The zero-order valence-corrected chi connectivity index (χ0v) is 11.8. The van der Waals surface area contributed by atoms with Crippen molar-refractivity contribution in [2.45, 2.75) is 32.7 Å². The Morgan fingerprint density at radius 1 is 1.33 bits per heavy atom. The summed E-state index contributed by atoms with van der Waals surface area (Å²) in [4.78, 5) is 9.05. The Morgan fingerprint density at radius 2 is 2.06 bits per heavy atom. The third-order valence-electron chi connectivity index (χ3n) is 3.33. The molecular formula is C12H19N5S. The lowest BCUT2D eigenvalue weighted by Crippen LogP contribution is -2.49. The number of hydrogen-bond donors (Lipinski definition) is 0. The van der Waals surface area contributed by atoms with Crippen LogP contribution in [0.5, 0.6) is 0 Å². The molecule has 2 rings (SSSR count). The van der Waals surface area contributed by atoms with Crippen molar-refractivity contribution < 1.29 is 0 Å². The smallest absolute Gasteiger partial charge is 0.205 e. The molecule has 5 nitrogen and oxygen atoms in total. The van der Waals surface area contributed by atoms with Gasteiger partial charge in [-0.15, -0.1) is 0 Å². The van der Waals surface area contributed by atoms with Crippen LogP contribution in [0.1, 0.15) is 26.1 Å². The normalized spacial score (nSPS) is 18.6. The predicted octanol–water partition coefficient (Wildman–Crippen LogP) is 1.52. The SMILES string of the molecule is CCc1nsc(N2CCN(C(C#N)CC)CC2)n1. The molecule has 1 atom stereocenters. The lowest BCUT2D eigenvalue weighted by atomic mass is 10.2. The molecule has 0 bridgehead atoms. The zero-order chi connectivity index (χ0) is 13.0. The maximum Gasteiger partial charge on any atom is 0.205 e. The molecule has 1 aliphatic rings. The van der Waals surface area contributed by atoms with E-state index in [1.165, 1.54) is 11.5 Å². The largest absolute Gasteiger partial charge is 0.344 e. The molecule has 1 unspecified atom stereocenters. The van der Waals surface area contributed by atoms with Crippen molar-refractivity contribution in [3.8, 4) is 6.07 Å². The number of anilines is 1. The summed E-state index contributed by atoms with van der Waals surface area (Å²) >= 11 is 1.48. The van der Waals surface area contributed by atoms with Crippen LogP contribution in [0.15, 0.2) is 0 Å². The van der Waals surface area contributed by atoms with Gasteiger partial charge < -0.3 is 4.90 Å². The molecule has 0 aliphatic carbocycles. The van der Waals surface area contributed by atoms with Crippen molar-refractivity contribution >= 4 is 16.7 Å². The number of nitrogens with zero attached hydrogens (tertiary/aromatic N) is 5. The minimum absolute atomic E-state index is 0.0628. The van der Waals surface area contributed by atoms with Crippen LogP contribution in [0.25, 0.3) is 0 Å². The van der Waals surface area contributed by atoms with Gasteiger partial charge in [0.15, 0.2) is 0 Å². The average Bonchev–Trinajstić information content (AvgIpc) is 2.90. The summed E-state index contributed by atoms with van der Waals surface area (Å²) in [5.74, 6) is 0.931. The number of aromatic nitrogens is 2. The van der Waals surface area contributed by atoms with Crippen molar-refractivity contribution in [2.75, 3.05) is 31.1 Å². The second-order valence-corrected chi connectivity index (χ2v) is 5.15. The topological polar surface area (TPSA) is 56.1 Å². The van der Waals surface area contributed by atoms with Gasteiger partial charge in [0.2, 0.25) is 5.13 Å². The van der Waals surface area contributed by atoms with Crippen molar-refractivity contribution in [1.29, 1.82) is 5.26 Å². The number of piperazine rings is 1. The summed E-state index contributed by atoms with van der Waals surface area (Å²) in [6.45, 7) is 7.90. The standard InChI is InChI=1S/C12H19N5S/c1-3-10(9-13)16-5-7-17(8-6-16)12-14-11(4-2)15-18-12/h10H,3-8H2,1-2H3. The van der Waals surface area contributed by atoms with Crippen LogP contribution >= 0.6 is 11.5 Å². The Balaban J connectivity index is 1.92. The fourth-order valence-corrected chi connectivity index (χ4v) is 2.97. The first kappa shape index (κ1) is 13.2. The highest BCUT2D eigenvalue weighted by atomic mass is 32.1. The third kappa shape index (κ3) is 2.79. The van der Waals surface area contributed by atoms with Gasteiger partial charge in [0.05, 0.1) is 12.1 Å². The van der Waals surface area contributed by atoms with Gasteiger partial charge in [-0.2, -0.15) is 9.64 Å². The summed E-state index contributed by atoms with van der Waals surface area (Å²) in [5.41, 5.74) is 0. The highest BCUT2D eigenvalue weighted by Crippen LogP contribution is 2.20. The average molecular weight is 265 g/mol. The fourth-order valence-electron chi connectivity index (χ4n) is 2.17. The van der Waals surface area contributed by atoms with Crippen molar-refractivity contribution in [1.82, 2.24) is 14.3 Å². The Kier molecular flexibility index (Phi) is 4.50. The van der Waals surface area contributed by atoms with Gasteiger partial charge in [-0.3, -0.25) is 4.90 Å². The number of hydrogen-bond acceptors (Lipinski definition) is 6. The van der Waals surface area contributed by atoms with E-state index in [-0.39, 0.29) is 6.04 Å². The lowest BCUT2D eigenvalue weighted by Gasteiger charge is -2.36. The Morgan fingerprint density at radius 3 is 2.56 bits per heavy atom. The van der Waals surface area contributed by atoms with Crippen molar-refractivity contribution in [2.24, 2.45) is 0 Å². The van der Waals surface area contributed by atoms with Crippen molar-refractivity contribution in [3.63, 3.8) is 0 Å². The summed E-state index contributed by atoms with van der Waals surface area (Å²) in [5, 5.41) is 10.1. The molecule has 1 aromatic rings.